The zero-order chi connectivity index (χ0) is 15.3. The summed E-state index contributed by atoms with van der Waals surface area (Å²) in [6.45, 7) is 0. The maximum Gasteiger partial charge on any atom is 0.347 e. The highest BCUT2D eigenvalue weighted by molar-refractivity contribution is 6.45. The van der Waals surface area contributed by atoms with E-state index in [2.05, 4.69) is 4.98 Å². The molecule has 2 aromatic heterocycles. The number of aryl methyl sites for hydroxylation is 1. The molecule has 1 aromatic carbocycles. The number of ether oxygens (including phenoxy) is 1. The number of hydrogen-bond donors (Lipinski definition) is 1. The van der Waals surface area contributed by atoms with Gasteiger partial charge in [-0.05, 0) is 12.1 Å². The average Bonchev–Trinajstić information content (AvgIpc) is 3.19. The average molecular weight is 292 g/mol. The summed E-state index contributed by atoms with van der Waals surface area (Å²) in [6, 6.07) is 9.50. The van der Waals surface area contributed by atoms with Gasteiger partial charge in [0.1, 0.15) is 0 Å². The minimum atomic E-state index is -0.604. The van der Waals surface area contributed by atoms with Gasteiger partial charge in [-0.1, -0.05) is 18.2 Å². The normalized spacial score (nSPS) is 15.0. The van der Waals surface area contributed by atoms with Gasteiger partial charge >= 0.3 is 11.9 Å². The van der Waals surface area contributed by atoms with Crippen LogP contribution in [0, 0.1) is 0 Å². The summed E-state index contributed by atoms with van der Waals surface area (Å²) >= 11 is 0. The Labute approximate surface area is 125 Å². The molecular weight excluding hydrogens is 280 g/mol. The standard InChI is InChI=1S/C17H12N2O3/c1-19-9-12(11-4-2-3-5-13(11)19)15-14(10-6-7-18-8-10)16(20)22-17(15)21/h2-9,18H,1H3. The number of rotatable bonds is 2. The van der Waals surface area contributed by atoms with Crippen LogP contribution in [0.4, 0.5) is 0 Å². The van der Waals surface area contributed by atoms with E-state index in [0.29, 0.717) is 22.3 Å². The molecule has 0 aliphatic carbocycles. The lowest BCUT2D eigenvalue weighted by Crippen LogP contribution is -2.01. The first-order valence-corrected chi connectivity index (χ1v) is 6.85. The number of carbonyl (C=O) groups is 2. The van der Waals surface area contributed by atoms with E-state index >= 15 is 0 Å². The fourth-order valence-electron chi connectivity index (χ4n) is 2.92. The zero-order valence-electron chi connectivity index (χ0n) is 11.8. The van der Waals surface area contributed by atoms with Gasteiger partial charge in [0.05, 0.1) is 11.1 Å². The molecule has 0 saturated carbocycles. The molecule has 0 radical (unpaired) electrons. The van der Waals surface area contributed by atoms with E-state index < -0.39 is 11.9 Å². The van der Waals surface area contributed by atoms with E-state index in [4.69, 9.17) is 4.74 Å². The number of nitrogens with one attached hydrogen (secondary N) is 1. The predicted octanol–water partition coefficient (Wildman–Crippen LogP) is 2.50. The molecule has 0 atom stereocenters. The molecule has 22 heavy (non-hydrogen) atoms. The molecule has 0 fully saturated rings. The van der Waals surface area contributed by atoms with Crippen LogP contribution in [0.3, 0.4) is 0 Å². The van der Waals surface area contributed by atoms with Crippen molar-refractivity contribution in [1.29, 1.82) is 0 Å². The summed E-state index contributed by atoms with van der Waals surface area (Å²) in [7, 11) is 1.91. The van der Waals surface area contributed by atoms with Crippen molar-refractivity contribution in [2.24, 2.45) is 7.05 Å². The third kappa shape index (κ3) is 1.65. The van der Waals surface area contributed by atoms with Crippen LogP contribution in [0.2, 0.25) is 0 Å². The second-order valence-electron chi connectivity index (χ2n) is 5.20. The molecule has 108 valence electrons. The lowest BCUT2D eigenvalue weighted by molar-refractivity contribution is -0.149. The first-order valence-electron chi connectivity index (χ1n) is 6.85. The smallest absolute Gasteiger partial charge is 0.347 e. The topological polar surface area (TPSA) is 64.1 Å². The Morgan fingerprint density at radius 3 is 2.59 bits per heavy atom. The van der Waals surface area contributed by atoms with Crippen molar-refractivity contribution in [3.63, 3.8) is 0 Å². The van der Waals surface area contributed by atoms with E-state index in [1.54, 1.807) is 18.5 Å². The number of aromatic amines is 1. The third-order valence-electron chi connectivity index (χ3n) is 3.90. The fraction of sp³-hybridized carbons (Fsp3) is 0.0588. The molecule has 5 nitrogen and oxygen atoms in total. The lowest BCUT2D eigenvalue weighted by Gasteiger charge is -1.99. The Bertz CT molecular complexity index is 946. The Balaban J connectivity index is 2.06. The summed E-state index contributed by atoms with van der Waals surface area (Å²) in [5, 5.41) is 0.916. The first-order chi connectivity index (χ1) is 10.7. The number of aromatic nitrogens is 2. The number of para-hydroxylation sites is 1. The van der Waals surface area contributed by atoms with E-state index in [1.165, 1.54) is 0 Å². The van der Waals surface area contributed by atoms with E-state index in [9.17, 15) is 9.59 Å². The largest absolute Gasteiger partial charge is 0.386 e. The van der Waals surface area contributed by atoms with Crippen molar-refractivity contribution in [2.75, 3.05) is 0 Å². The number of fused-ring (bicyclic) bond motifs is 1. The Hall–Kier alpha value is -3.08. The van der Waals surface area contributed by atoms with Gasteiger partial charge in [0, 0.05) is 47.7 Å². The Morgan fingerprint density at radius 1 is 1.05 bits per heavy atom. The van der Waals surface area contributed by atoms with Crippen LogP contribution in [0.5, 0.6) is 0 Å². The van der Waals surface area contributed by atoms with Crippen molar-refractivity contribution in [1.82, 2.24) is 9.55 Å². The van der Waals surface area contributed by atoms with Gasteiger partial charge in [-0.25, -0.2) is 9.59 Å². The van der Waals surface area contributed by atoms with Crippen LogP contribution in [0.1, 0.15) is 11.1 Å². The van der Waals surface area contributed by atoms with Gasteiger partial charge in [-0.15, -0.1) is 0 Å². The number of cyclic esters (lactones) is 2. The summed E-state index contributed by atoms with van der Waals surface area (Å²) in [5.74, 6) is -1.20. The highest BCUT2D eigenvalue weighted by Gasteiger charge is 2.36. The number of hydrogen-bond acceptors (Lipinski definition) is 3. The molecule has 0 saturated heterocycles. The minimum Gasteiger partial charge on any atom is -0.386 e. The van der Waals surface area contributed by atoms with Crippen molar-refractivity contribution < 1.29 is 14.3 Å². The molecule has 0 bridgehead atoms. The number of esters is 2. The van der Waals surface area contributed by atoms with Crippen LogP contribution in [0.15, 0.2) is 48.9 Å². The van der Waals surface area contributed by atoms with Crippen molar-refractivity contribution >= 4 is 34.0 Å². The number of nitrogens with zero attached hydrogens (tertiary/aromatic N) is 1. The molecule has 3 aromatic rings. The maximum atomic E-state index is 12.2. The Morgan fingerprint density at radius 2 is 1.82 bits per heavy atom. The second-order valence-corrected chi connectivity index (χ2v) is 5.20. The molecule has 3 heterocycles. The summed E-state index contributed by atoms with van der Waals surface area (Å²) in [4.78, 5) is 27.2. The van der Waals surface area contributed by atoms with Gasteiger partial charge in [0.15, 0.2) is 0 Å². The number of H-pyrrole nitrogens is 1. The minimum absolute atomic E-state index is 0.308. The number of carbonyl (C=O) groups excluding carboxylic acids is 2. The van der Waals surface area contributed by atoms with Crippen LogP contribution in [0.25, 0.3) is 22.0 Å². The van der Waals surface area contributed by atoms with Crippen molar-refractivity contribution in [2.45, 2.75) is 0 Å². The van der Waals surface area contributed by atoms with E-state index in [1.807, 2.05) is 42.1 Å². The zero-order valence-corrected chi connectivity index (χ0v) is 11.8. The molecule has 0 spiro atoms. The molecule has 0 amide bonds. The van der Waals surface area contributed by atoms with E-state index in [0.717, 1.165) is 10.9 Å². The predicted molar refractivity (Wildman–Crippen MR) is 81.6 cm³/mol. The monoisotopic (exact) mass is 292 g/mol. The summed E-state index contributed by atoms with van der Waals surface area (Å²) in [6.07, 6.45) is 5.24. The molecule has 0 unspecified atom stereocenters. The van der Waals surface area contributed by atoms with Crippen LogP contribution in [-0.4, -0.2) is 21.5 Å². The van der Waals surface area contributed by atoms with Crippen LogP contribution in [-0.2, 0) is 21.4 Å². The number of benzene rings is 1. The summed E-state index contributed by atoms with van der Waals surface area (Å²) in [5.41, 5.74) is 2.98. The second kappa shape index (κ2) is 4.46. The molecule has 4 rings (SSSR count). The SMILES string of the molecule is Cn1cc(C2=C(c3cc[nH]c3)C(=O)OC2=O)c2ccccc21. The Kier molecular flexibility index (Phi) is 2.56. The molecule has 1 N–H and O–H groups in total. The first kappa shape index (κ1) is 12.6. The molecule has 5 heteroatoms. The highest BCUT2D eigenvalue weighted by atomic mass is 16.6. The van der Waals surface area contributed by atoms with Gasteiger partial charge < -0.3 is 14.3 Å². The highest BCUT2D eigenvalue weighted by Crippen LogP contribution is 2.37. The van der Waals surface area contributed by atoms with Crippen LogP contribution < -0.4 is 0 Å². The quantitative estimate of drug-likeness (QED) is 0.583. The van der Waals surface area contributed by atoms with Crippen LogP contribution >= 0.6 is 0 Å². The fourth-order valence-corrected chi connectivity index (χ4v) is 2.92. The van der Waals surface area contributed by atoms with Gasteiger partial charge in [0.2, 0.25) is 0 Å². The van der Waals surface area contributed by atoms with Gasteiger partial charge in [-0.3, -0.25) is 0 Å². The third-order valence-corrected chi connectivity index (χ3v) is 3.90. The van der Waals surface area contributed by atoms with E-state index in [-0.39, 0.29) is 0 Å². The maximum absolute atomic E-state index is 12.2. The van der Waals surface area contributed by atoms with Gasteiger partial charge in [0.25, 0.3) is 0 Å². The van der Waals surface area contributed by atoms with Crippen molar-refractivity contribution in [3.8, 4) is 0 Å². The summed E-state index contributed by atoms with van der Waals surface area (Å²) < 4.78 is 6.78. The lowest BCUT2D eigenvalue weighted by atomic mass is 9.97. The molecule has 1 aliphatic rings. The molecular formula is C17H12N2O3. The molecule has 1 aliphatic heterocycles. The van der Waals surface area contributed by atoms with Crippen molar-refractivity contribution in [3.05, 3.63) is 60.0 Å². The van der Waals surface area contributed by atoms with Gasteiger partial charge in [-0.2, -0.15) is 0 Å².